The van der Waals surface area contributed by atoms with Crippen molar-refractivity contribution < 1.29 is 51.7 Å². The molecular weight excluding hydrogens is 895 g/mol. The topological polar surface area (TPSA) is 257 Å². The molecule has 68 heavy (non-hydrogen) atoms. The highest BCUT2D eigenvalue weighted by molar-refractivity contribution is 7.90. The Hall–Kier alpha value is -6.21. The van der Waals surface area contributed by atoms with Crippen molar-refractivity contribution in [2.75, 3.05) is 33.4 Å². The lowest BCUT2D eigenvalue weighted by molar-refractivity contribution is -0.146. The molecule has 1 aliphatic carbocycles. The number of rotatable bonds is 20. The molecule has 19 heteroatoms. The minimum atomic E-state index is -4.17. The lowest BCUT2D eigenvalue weighted by atomic mass is 9.98. The van der Waals surface area contributed by atoms with Gasteiger partial charge in [0.05, 0.1) is 24.2 Å². The largest absolute Gasteiger partial charge is 0.496 e. The Morgan fingerprint density at radius 1 is 0.912 bits per heavy atom. The Morgan fingerprint density at radius 3 is 2.13 bits per heavy atom. The van der Waals surface area contributed by atoms with Gasteiger partial charge < -0.3 is 45.9 Å². The summed E-state index contributed by atoms with van der Waals surface area (Å²) in [6.45, 7) is 13.8. The summed E-state index contributed by atoms with van der Waals surface area (Å²) >= 11 is 0. The number of aliphatic carboxylic acids is 1. The van der Waals surface area contributed by atoms with Crippen molar-refractivity contribution in [3.8, 4) is 16.9 Å². The molecule has 2 aliphatic rings. The molecule has 7 N–H and O–H groups in total. The van der Waals surface area contributed by atoms with Crippen molar-refractivity contribution in [3.05, 3.63) is 82.4 Å². The predicted molar refractivity (Wildman–Crippen MR) is 257 cm³/mol. The summed E-state index contributed by atoms with van der Waals surface area (Å²) in [5.41, 5.74) is 11.0. The number of likely N-dealkylation sites (tertiary alicyclic amines) is 1. The number of carbonyl (C=O) groups is 5. The van der Waals surface area contributed by atoms with Gasteiger partial charge in [0.1, 0.15) is 36.5 Å². The van der Waals surface area contributed by atoms with E-state index in [0.717, 1.165) is 22.3 Å². The number of sulfonamides is 1. The molecular formula is C49H67N7O11S. The SMILES string of the molecule is COc1cc(C)c(S(=O)(=O)NC(N)=NCCC[C@H](NC(=O)OCC2c3ccccc3-c3ccccc32)C(=O)N[C@@H](COC(C)(C)C)C(=O)N2CCC[C@@H]2C(=O)N[C@@H](CC(C)C)C(=O)O)c(C)c1C. The Morgan fingerprint density at radius 2 is 1.54 bits per heavy atom. The van der Waals surface area contributed by atoms with E-state index in [1.165, 1.54) is 12.0 Å². The maximum Gasteiger partial charge on any atom is 0.407 e. The average Bonchev–Trinajstić information content (AvgIpc) is 3.89. The van der Waals surface area contributed by atoms with Gasteiger partial charge in [0.15, 0.2) is 0 Å². The molecule has 1 aliphatic heterocycles. The monoisotopic (exact) mass is 961 g/mol. The standard InChI is InChI=1S/C49H67N7O11S/c1-28(2)24-38(46(60)61)52-44(58)40-21-15-23-56(40)45(59)39(27-67-49(6,7)8)53-43(57)37(54-48(62)66-26-36-34-18-12-10-16-32(34)33-17-11-13-19-35(33)36)20-14-22-51-47(50)55-68(63,64)42-29(3)25-41(65-9)30(4)31(42)5/h10-13,16-19,25,28,36-40H,14-15,20-24,26-27H2,1-9H3,(H,52,58)(H,53,57)(H,54,62)(H,60,61)(H3,50,51,55)/t37-,38-,39-,40+/m0/s1. The van der Waals surface area contributed by atoms with Crippen LogP contribution in [0.1, 0.15) is 100 Å². The molecule has 370 valence electrons. The van der Waals surface area contributed by atoms with Crippen LogP contribution in [-0.2, 0) is 38.7 Å². The Labute approximate surface area is 399 Å². The Balaban J connectivity index is 1.35. The van der Waals surface area contributed by atoms with Gasteiger partial charge in [0, 0.05) is 19.0 Å². The van der Waals surface area contributed by atoms with E-state index < -0.39 is 75.5 Å². The summed E-state index contributed by atoms with van der Waals surface area (Å²) in [6, 6.07) is 12.5. The van der Waals surface area contributed by atoms with Gasteiger partial charge >= 0.3 is 12.1 Å². The van der Waals surface area contributed by atoms with E-state index in [1.54, 1.807) is 47.6 Å². The minimum Gasteiger partial charge on any atom is -0.496 e. The summed E-state index contributed by atoms with van der Waals surface area (Å²) in [6.07, 6.45) is 0.0688. The van der Waals surface area contributed by atoms with Gasteiger partial charge in [0.25, 0.3) is 10.0 Å². The molecule has 0 aromatic heterocycles. The fourth-order valence-electron chi connectivity index (χ4n) is 8.66. The number of nitrogens with one attached hydrogen (secondary N) is 4. The van der Waals surface area contributed by atoms with Gasteiger partial charge in [-0.1, -0.05) is 62.4 Å². The van der Waals surface area contributed by atoms with E-state index in [1.807, 2.05) is 62.4 Å². The number of nitrogens with zero attached hydrogens (tertiary/aromatic N) is 2. The van der Waals surface area contributed by atoms with Gasteiger partial charge in [-0.15, -0.1) is 0 Å². The molecule has 4 atom stereocenters. The highest BCUT2D eigenvalue weighted by Crippen LogP contribution is 2.44. The third kappa shape index (κ3) is 13.3. The van der Waals surface area contributed by atoms with Crippen LogP contribution in [0.2, 0.25) is 0 Å². The molecule has 18 nitrogen and oxygen atoms in total. The number of alkyl carbamates (subject to hydrolysis) is 1. The zero-order valence-corrected chi connectivity index (χ0v) is 41.3. The van der Waals surface area contributed by atoms with Crippen molar-refractivity contribution in [2.45, 2.75) is 128 Å². The van der Waals surface area contributed by atoms with Crippen molar-refractivity contribution in [1.29, 1.82) is 0 Å². The van der Waals surface area contributed by atoms with Gasteiger partial charge in [-0.3, -0.25) is 19.4 Å². The number of benzene rings is 3. The van der Waals surface area contributed by atoms with Crippen molar-refractivity contribution in [1.82, 2.24) is 25.6 Å². The first-order chi connectivity index (χ1) is 32.0. The molecule has 0 spiro atoms. The third-order valence-corrected chi connectivity index (χ3v) is 13.7. The van der Waals surface area contributed by atoms with E-state index in [-0.39, 0.29) is 68.7 Å². The fourth-order valence-corrected chi connectivity index (χ4v) is 10.1. The van der Waals surface area contributed by atoms with Crippen LogP contribution >= 0.6 is 0 Å². The minimum absolute atomic E-state index is 0.0260. The first kappa shape index (κ1) is 52.8. The normalized spacial score (nSPS) is 16.3. The molecule has 0 saturated carbocycles. The molecule has 5 rings (SSSR count). The van der Waals surface area contributed by atoms with Crippen LogP contribution in [0.25, 0.3) is 11.1 Å². The Kier molecular flexibility index (Phi) is 17.6. The van der Waals surface area contributed by atoms with Gasteiger partial charge in [-0.25, -0.2) is 22.7 Å². The summed E-state index contributed by atoms with van der Waals surface area (Å²) in [4.78, 5) is 73.5. The van der Waals surface area contributed by atoms with Crippen LogP contribution in [0.15, 0.2) is 64.5 Å². The number of hydrogen-bond donors (Lipinski definition) is 6. The lowest BCUT2D eigenvalue weighted by Crippen LogP contribution is -2.59. The number of nitrogens with two attached hydrogens (primary N) is 1. The molecule has 0 radical (unpaired) electrons. The molecule has 1 saturated heterocycles. The van der Waals surface area contributed by atoms with Crippen LogP contribution in [0.4, 0.5) is 4.79 Å². The quantitative estimate of drug-likeness (QED) is 0.0507. The maximum atomic E-state index is 14.4. The first-order valence-corrected chi connectivity index (χ1v) is 24.4. The molecule has 0 bridgehead atoms. The average molecular weight is 962 g/mol. The summed E-state index contributed by atoms with van der Waals surface area (Å²) in [5.74, 6) is -3.35. The van der Waals surface area contributed by atoms with Gasteiger partial charge in [0.2, 0.25) is 23.7 Å². The molecule has 3 aromatic rings. The number of carboxylic acids is 1. The van der Waals surface area contributed by atoms with Gasteiger partial charge in [-0.2, -0.15) is 0 Å². The Bertz CT molecular complexity index is 2440. The van der Waals surface area contributed by atoms with Crippen LogP contribution in [0.3, 0.4) is 0 Å². The van der Waals surface area contributed by atoms with E-state index in [4.69, 9.17) is 19.9 Å². The highest BCUT2D eigenvalue weighted by Gasteiger charge is 2.40. The number of hydrogen-bond acceptors (Lipinski definition) is 11. The molecule has 1 fully saturated rings. The summed E-state index contributed by atoms with van der Waals surface area (Å²) in [5, 5.41) is 17.8. The number of amides is 4. The number of carbonyl (C=O) groups excluding carboxylic acids is 4. The summed E-state index contributed by atoms with van der Waals surface area (Å²) in [7, 11) is -2.67. The zero-order chi connectivity index (χ0) is 50.1. The highest BCUT2D eigenvalue weighted by atomic mass is 32.2. The number of ether oxygens (including phenoxy) is 3. The number of carboxylic acid groups (broad SMARTS) is 1. The van der Waals surface area contributed by atoms with E-state index in [2.05, 4.69) is 25.7 Å². The molecule has 3 aromatic carbocycles. The van der Waals surface area contributed by atoms with Crippen LogP contribution < -0.4 is 31.1 Å². The van der Waals surface area contributed by atoms with E-state index >= 15 is 0 Å². The second-order valence-electron chi connectivity index (χ2n) is 18.7. The second-order valence-corrected chi connectivity index (χ2v) is 20.3. The number of aliphatic imine (C=N–C) groups is 1. The molecule has 4 amide bonds. The van der Waals surface area contributed by atoms with Gasteiger partial charge in [-0.05, 0) is 125 Å². The summed E-state index contributed by atoms with van der Waals surface area (Å²) < 4.78 is 46.5. The number of guanidine groups is 1. The van der Waals surface area contributed by atoms with Crippen molar-refractivity contribution >= 4 is 45.8 Å². The lowest BCUT2D eigenvalue weighted by Gasteiger charge is -2.32. The molecule has 1 heterocycles. The van der Waals surface area contributed by atoms with E-state index in [0.29, 0.717) is 28.9 Å². The van der Waals surface area contributed by atoms with Crippen molar-refractivity contribution in [3.63, 3.8) is 0 Å². The number of methoxy groups -OCH3 is 1. The maximum absolute atomic E-state index is 14.4. The van der Waals surface area contributed by atoms with Crippen molar-refractivity contribution in [2.24, 2.45) is 16.6 Å². The van der Waals surface area contributed by atoms with Crippen LogP contribution in [0, 0.1) is 26.7 Å². The number of fused-ring (bicyclic) bond motifs is 3. The van der Waals surface area contributed by atoms with Crippen LogP contribution in [-0.4, -0.2) is 117 Å². The van der Waals surface area contributed by atoms with E-state index in [9.17, 15) is 37.5 Å². The van der Waals surface area contributed by atoms with Crippen LogP contribution in [0.5, 0.6) is 5.75 Å². The number of aryl methyl sites for hydroxylation is 1. The third-order valence-electron chi connectivity index (χ3n) is 12.0. The smallest absolute Gasteiger partial charge is 0.407 e. The second kappa shape index (κ2) is 22.7. The first-order valence-electron chi connectivity index (χ1n) is 22.9. The zero-order valence-electron chi connectivity index (χ0n) is 40.4. The fraction of sp³-hybridized carbons (Fsp3) is 0.510. The predicted octanol–water partition coefficient (Wildman–Crippen LogP) is 4.81. The molecule has 0 unspecified atom stereocenters.